The third kappa shape index (κ3) is 4.03. The largest absolute Gasteiger partial charge is 0.497 e. The lowest BCUT2D eigenvalue weighted by Crippen LogP contribution is -2.32. The van der Waals surface area contributed by atoms with E-state index in [2.05, 4.69) is 15.0 Å². The van der Waals surface area contributed by atoms with Crippen LogP contribution in [-0.4, -0.2) is 32.6 Å². The molecule has 3 aromatic heterocycles. The highest BCUT2D eigenvalue weighted by molar-refractivity contribution is 5.82. The number of pyridine rings is 2. The van der Waals surface area contributed by atoms with Gasteiger partial charge in [-0.05, 0) is 47.5 Å². The first-order valence-electron chi connectivity index (χ1n) is 8.84. The van der Waals surface area contributed by atoms with Crippen molar-refractivity contribution in [2.45, 2.75) is 18.4 Å². The van der Waals surface area contributed by atoms with Crippen LogP contribution in [0.1, 0.15) is 16.8 Å². The Kier molecular flexibility index (Phi) is 5.73. The molecule has 6 nitrogen and oxygen atoms in total. The van der Waals surface area contributed by atoms with Gasteiger partial charge in [-0.1, -0.05) is 12.1 Å². The monoisotopic (exact) mass is 377 g/mol. The first kappa shape index (κ1) is 19.5. The smallest absolute Gasteiger partial charge is 0.119 e. The summed E-state index contributed by atoms with van der Waals surface area (Å²) in [6.45, 7) is 0. The van der Waals surface area contributed by atoms with Gasteiger partial charge in [-0.2, -0.15) is 0 Å². The third-order valence-electron chi connectivity index (χ3n) is 4.77. The number of hydrogen-bond donors (Lipinski definition) is 2. The third-order valence-corrected chi connectivity index (χ3v) is 4.77. The van der Waals surface area contributed by atoms with Crippen molar-refractivity contribution in [1.29, 1.82) is 0 Å². The van der Waals surface area contributed by atoms with Crippen LogP contribution in [0.25, 0.3) is 10.9 Å². The second-order valence-electron chi connectivity index (χ2n) is 6.74. The van der Waals surface area contributed by atoms with Gasteiger partial charge < -0.3 is 20.3 Å². The summed E-state index contributed by atoms with van der Waals surface area (Å²) in [6.07, 6.45) is 7.94. The zero-order chi connectivity index (χ0) is 18.7. The Bertz CT molecular complexity index is 991. The van der Waals surface area contributed by atoms with E-state index in [0.717, 1.165) is 33.5 Å². The van der Waals surface area contributed by atoms with Gasteiger partial charge in [0.25, 0.3) is 0 Å². The Hall–Kier alpha value is -3.22. The van der Waals surface area contributed by atoms with Crippen molar-refractivity contribution >= 4 is 10.9 Å². The molecule has 0 aliphatic rings. The van der Waals surface area contributed by atoms with Crippen LogP contribution >= 0.6 is 0 Å². The highest BCUT2D eigenvalue weighted by Gasteiger charge is 2.32. The Morgan fingerprint density at radius 1 is 0.964 bits per heavy atom. The minimum Gasteiger partial charge on any atom is -0.497 e. The molecule has 0 aliphatic carbocycles. The van der Waals surface area contributed by atoms with Gasteiger partial charge in [0.2, 0.25) is 0 Å². The molecule has 4 aromatic rings. The molecule has 0 saturated carbocycles. The number of nitrogens with zero attached hydrogens (tertiary/aromatic N) is 2. The summed E-state index contributed by atoms with van der Waals surface area (Å²) >= 11 is 0. The van der Waals surface area contributed by atoms with Crippen molar-refractivity contribution in [3.8, 4) is 5.75 Å². The molecule has 0 radical (unpaired) electrons. The van der Waals surface area contributed by atoms with Gasteiger partial charge in [0, 0.05) is 54.2 Å². The quantitative estimate of drug-likeness (QED) is 0.539. The average molecular weight is 377 g/mol. The Morgan fingerprint density at radius 2 is 1.61 bits per heavy atom. The number of nitrogens with one attached hydrogen (secondary N) is 1. The number of benzene rings is 1. The number of aliphatic hydroxyl groups is 1. The molecule has 0 amide bonds. The lowest BCUT2D eigenvalue weighted by atomic mass is 9.86. The molecular formula is C22H23N3O3. The topological polar surface area (TPSA) is 103 Å². The van der Waals surface area contributed by atoms with Crippen molar-refractivity contribution in [2.24, 2.45) is 0 Å². The second-order valence-corrected chi connectivity index (χ2v) is 6.74. The lowest BCUT2D eigenvalue weighted by molar-refractivity contribution is 0.0332. The molecule has 0 spiro atoms. The van der Waals surface area contributed by atoms with Crippen LogP contribution in [0, 0.1) is 0 Å². The molecule has 4 rings (SSSR count). The minimum atomic E-state index is -1.11. The number of aromatic nitrogens is 3. The van der Waals surface area contributed by atoms with E-state index in [-0.39, 0.29) is 5.48 Å². The maximum atomic E-state index is 11.7. The van der Waals surface area contributed by atoms with E-state index in [9.17, 15) is 5.11 Å². The fraction of sp³-hybridized carbons (Fsp3) is 0.182. The molecule has 28 heavy (non-hydrogen) atoms. The summed E-state index contributed by atoms with van der Waals surface area (Å²) in [5.74, 6) is 0.788. The number of fused-ring (bicyclic) bond motifs is 1. The van der Waals surface area contributed by atoms with Crippen LogP contribution in [0.5, 0.6) is 5.75 Å². The molecule has 1 aromatic carbocycles. The van der Waals surface area contributed by atoms with Crippen LogP contribution in [0.15, 0.2) is 73.3 Å². The fourth-order valence-electron chi connectivity index (χ4n) is 3.42. The molecule has 0 atom stereocenters. The van der Waals surface area contributed by atoms with E-state index in [1.807, 2.05) is 48.5 Å². The highest BCUT2D eigenvalue weighted by atomic mass is 16.5. The molecule has 6 heteroatoms. The first-order chi connectivity index (χ1) is 13.2. The van der Waals surface area contributed by atoms with Crippen LogP contribution < -0.4 is 4.74 Å². The number of ether oxygens (including phenoxy) is 1. The maximum Gasteiger partial charge on any atom is 0.119 e. The van der Waals surface area contributed by atoms with Crippen molar-refractivity contribution in [2.75, 3.05) is 7.11 Å². The average Bonchev–Trinajstić information content (AvgIpc) is 3.13. The molecule has 0 saturated heterocycles. The van der Waals surface area contributed by atoms with Gasteiger partial charge in [0.05, 0.1) is 7.11 Å². The molecule has 0 fully saturated rings. The van der Waals surface area contributed by atoms with Crippen LogP contribution in [0.3, 0.4) is 0 Å². The van der Waals surface area contributed by atoms with E-state index in [1.165, 1.54) is 0 Å². The van der Waals surface area contributed by atoms with Gasteiger partial charge in [-0.15, -0.1) is 0 Å². The Balaban J connectivity index is 0.00000225. The van der Waals surface area contributed by atoms with Gasteiger partial charge in [0.15, 0.2) is 0 Å². The Morgan fingerprint density at radius 3 is 2.14 bits per heavy atom. The summed E-state index contributed by atoms with van der Waals surface area (Å²) in [6, 6.07) is 15.6. The summed E-state index contributed by atoms with van der Waals surface area (Å²) in [7, 11) is 1.65. The van der Waals surface area contributed by atoms with E-state index in [0.29, 0.717) is 12.8 Å². The Labute approximate surface area is 163 Å². The molecule has 3 heterocycles. The lowest BCUT2D eigenvalue weighted by Gasteiger charge is -2.27. The number of rotatable bonds is 6. The summed E-state index contributed by atoms with van der Waals surface area (Å²) in [5, 5.41) is 12.7. The highest BCUT2D eigenvalue weighted by Crippen LogP contribution is 2.32. The van der Waals surface area contributed by atoms with Crippen molar-refractivity contribution in [3.63, 3.8) is 0 Å². The minimum absolute atomic E-state index is 0. The molecule has 0 aliphatic heterocycles. The zero-order valence-corrected chi connectivity index (χ0v) is 15.6. The predicted octanol–water partition coefficient (Wildman–Crippen LogP) is 2.81. The van der Waals surface area contributed by atoms with Crippen molar-refractivity contribution in [3.05, 3.63) is 90.1 Å². The van der Waals surface area contributed by atoms with Crippen molar-refractivity contribution < 1.29 is 15.3 Å². The normalized spacial score (nSPS) is 11.2. The first-order valence-corrected chi connectivity index (χ1v) is 8.84. The molecule has 0 unspecified atom stereocenters. The molecule has 0 bridgehead atoms. The standard InChI is InChI=1S/C22H21N3O2.H2O/c1-27-19-6-7-20-18(10-19)11-21(25-20)22(26,12-16-4-2-8-23-14-16)13-17-5-3-9-24-15-17;/h2-11,14-15,25-26H,12-13H2,1H3;1H2. The molecule has 4 N–H and O–H groups in total. The van der Waals surface area contributed by atoms with Crippen LogP contribution in [-0.2, 0) is 18.4 Å². The van der Waals surface area contributed by atoms with E-state index in [4.69, 9.17) is 4.74 Å². The van der Waals surface area contributed by atoms with E-state index >= 15 is 0 Å². The van der Waals surface area contributed by atoms with Crippen LogP contribution in [0.4, 0.5) is 0 Å². The summed E-state index contributed by atoms with van der Waals surface area (Å²) in [5.41, 5.74) is 2.55. The SMILES string of the molecule is COc1ccc2[nH]c(C(O)(Cc3cccnc3)Cc3cccnc3)cc2c1.O. The number of methoxy groups -OCH3 is 1. The fourth-order valence-corrected chi connectivity index (χ4v) is 3.42. The van der Waals surface area contributed by atoms with E-state index in [1.54, 1.807) is 31.9 Å². The zero-order valence-electron chi connectivity index (χ0n) is 15.6. The molecular weight excluding hydrogens is 354 g/mol. The van der Waals surface area contributed by atoms with Gasteiger partial charge >= 0.3 is 0 Å². The van der Waals surface area contributed by atoms with Crippen molar-refractivity contribution in [1.82, 2.24) is 15.0 Å². The van der Waals surface area contributed by atoms with Crippen LogP contribution in [0.2, 0.25) is 0 Å². The predicted molar refractivity (Wildman–Crippen MR) is 108 cm³/mol. The van der Waals surface area contributed by atoms with Gasteiger partial charge in [-0.3, -0.25) is 9.97 Å². The number of hydrogen-bond acceptors (Lipinski definition) is 4. The molecule has 144 valence electrons. The number of aromatic amines is 1. The maximum absolute atomic E-state index is 11.7. The van der Waals surface area contributed by atoms with Gasteiger partial charge in [0.1, 0.15) is 11.4 Å². The second kappa shape index (κ2) is 8.21. The van der Waals surface area contributed by atoms with Gasteiger partial charge in [-0.25, -0.2) is 0 Å². The number of H-pyrrole nitrogens is 1. The van der Waals surface area contributed by atoms with E-state index < -0.39 is 5.60 Å². The summed E-state index contributed by atoms with van der Waals surface area (Å²) in [4.78, 5) is 11.8. The summed E-state index contributed by atoms with van der Waals surface area (Å²) < 4.78 is 5.32.